The number of ether oxygens (including phenoxy) is 2. The maximum absolute atomic E-state index is 14.9. The fourth-order valence-electron chi connectivity index (χ4n) is 5.99. The molecule has 0 radical (unpaired) electrons. The van der Waals surface area contributed by atoms with Crippen LogP contribution in [0.1, 0.15) is 34.5 Å². The van der Waals surface area contributed by atoms with Crippen LogP contribution in [0.4, 0.5) is 4.39 Å². The quantitative estimate of drug-likeness (QED) is 0.491. The fourth-order valence-corrected chi connectivity index (χ4v) is 7.66. The molecule has 4 aliphatic rings. The second-order valence-electron chi connectivity index (χ2n) is 10.8. The zero-order chi connectivity index (χ0) is 26.8. The van der Waals surface area contributed by atoms with Crippen molar-refractivity contribution in [2.75, 3.05) is 46.1 Å². The molecule has 2 aromatic carbocycles. The van der Waals surface area contributed by atoms with Gasteiger partial charge in [0.15, 0.2) is 15.5 Å². The zero-order valence-electron chi connectivity index (χ0n) is 21.4. The van der Waals surface area contributed by atoms with E-state index >= 15 is 0 Å². The number of carbonyl (C=O) groups excluding carboxylic acids is 1. The van der Waals surface area contributed by atoms with Crippen LogP contribution in [0.5, 0.6) is 0 Å². The number of fused-ring (bicyclic) bond motifs is 3. The highest BCUT2D eigenvalue weighted by Gasteiger charge is 2.53. The van der Waals surface area contributed by atoms with Gasteiger partial charge in [0.05, 0.1) is 49.1 Å². The molecule has 3 aromatic rings. The van der Waals surface area contributed by atoms with Gasteiger partial charge in [-0.05, 0) is 36.6 Å². The lowest BCUT2D eigenvalue weighted by Gasteiger charge is -2.35. The Labute approximate surface area is 226 Å². The van der Waals surface area contributed by atoms with E-state index in [0.717, 1.165) is 57.3 Å². The van der Waals surface area contributed by atoms with E-state index in [4.69, 9.17) is 14.6 Å². The Kier molecular flexibility index (Phi) is 5.89. The molecule has 1 aliphatic carbocycles. The van der Waals surface area contributed by atoms with Crippen molar-refractivity contribution < 1.29 is 27.1 Å². The van der Waals surface area contributed by atoms with Gasteiger partial charge in [-0.15, -0.1) is 0 Å². The molecule has 0 N–H and O–H groups in total. The van der Waals surface area contributed by atoms with Gasteiger partial charge >= 0.3 is 0 Å². The minimum Gasteiger partial charge on any atom is -0.379 e. The van der Waals surface area contributed by atoms with Crippen LogP contribution in [-0.2, 0) is 31.6 Å². The molecule has 1 spiro atoms. The molecular weight excluding hydrogens is 523 g/mol. The fraction of sp³-hybridized carbons (Fsp3) is 0.429. The summed E-state index contributed by atoms with van der Waals surface area (Å²) in [6, 6.07) is 12.1. The van der Waals surface area contributed by atoms with E-state index in [-0.39, 0.29) is 27.6 Å². The van der Waals surface area contributed by atoms with Crippen LogP contribution < -0.4 is 0 Å². The molecule has 7 rings (SSSR count). The van der Waals surface area contributed by atoms with Crippen LogP contribution in [0, 0.1) is 5.82 Å². The van der Waals surface area contributed by atoms with Gasteiger partial charge in [-0.25, -0.2) is 17.5 Å². The molecular formula is C28H29FN4O5S. The van der Waals surface area contributed by atoms with Crippen molar-refractivity contribution in [3.63, 3.8) is 0 Å². The summed E-state index contributed by atoms with van der Waals surface area (Å²) in [7, 11) is -4.02. The zero-order valence-corrected chi connectivity index (χ0v) is 22.3. The summed E-state index contributed by atoms with van der Waals surface area (Å²) < 4.78 is 54.2. The van der Waals surface area contributed by atoms with E-state index in [2.05, 4.69) is 4.90 Å². The smallest absolute Gasteiger partial charge is 0.275 e. The molecule has 11 heteroatoms. The van der Waals surface area contributed by atoms with Crippen molar-refractivity contribution in [1.29, 1.82) is 0 Å². The number of amides is 1. The van der Waals surface area contributed by atoms with E-state index < -0.39 is 21.4 Å². The number of nitrogens with zero attached hydrogens (tertiary/aromatic N) is 4. The summed E-state index contributed by atoms with van der Waals surface area (Å²) in [6.45, 7) is 5.30. The predicted octanol–water partition coefficient (Wildman–Crippen LogP) is 2.80. The van der Waals surface area contributed by atoms with Crippen LogP contribution in [0.25, 0.3) is 16.9 Å². The predicted molar refractivity (Wildman–Crippen MR) is 140 cm³/mol. The molecule has 9 nitrogen and oxygen atoms in total. The lowest BCUT2D eigenvalue weighted by Crippen LogP contribution is -2.51. The third-order valence-electron chi connectivity index (χ3n) is 8.22. The summed E-state index contributed by atoms with van der Waals surface area (Å²) in [6.07, 6.45) is 1.69. The third-order valence-corrected chi connectivity index (χ3v) is 9.92. The maximum Gasteiger partial charge on any atom is 0.275 e. The van der Waals surface area contributed by atoms with E-state index in [9.17, 15) is 17.6 Å². The minimum atomic E-state index is -4.02. The lowest BCUT2D eigenvalue weighted by atomic mass is 10.0. The van der Waals surface area contributed by atoms with Crippen molar-refractivity contribution in [3.8, 4) is 16.9 Å². The van der Waals surface area contributed by atoms with Crippen molar-refractivity contribution in [1.82, 2.24) is 19.6 Å². The second kappa shape index (κ2) is 9.22. The van der Waals surface area contributed by atoms with Crippen LogP contribution in [0.2, 0.25) is 0 Å². The van der Waals surface area contributed by atoms with Gasteiger partial charge in [0.2, 0.25) is 0 Å². The van der Waals surface area contributed by atoms with Crippen LogP contribution in [0.3, 0.4) is 0 Å². The van der Waals surface area contributed by atoms with Gasteiger partial charge in [-0.3, -0.25) is 9.69 Å². The van der Waals surface area contributed by atoms with Gasteiger partial charge in [-0.2, -0.15) is 5.10 Å². The molecule has 4 heterocycles. The SMILES string of the molecule is O=C(c1nn(-c2ccc(CN3CCOCC3)cc2)c2c1CS(=O)(=O)c1c(F)cccc1-2)N1CCOCC12CC2. The monoisotopic (exact) mass is 552 g/mol. The van der Waals surface area contributed by atoms with Gasteiger partial charge < -0.3 is 14.4 Å². The first-order valence-corrected chi connectivity index (χ1v) is 14.9. The molecule has 1 amide bonds. The Morgan fingerprint density at radius 1 is 1.00 bits per heavy atom. The van der Waals surface area contributed by atoms with Crippen molar-refractivity contribution in [2.24, 2.45) is 0 Å². The van der Waals surface area contributed by atoms with Gasteiger partial charge in [-0.1, -0.05) is 24.3 Å². The Bertz CT molecular complexity index is 1560. The number of aromatic nitrogens is 2. The molecule has 3 aliphatic heterocycles. The van der Waals surface area contributed by atoms with Crippen molar-refractivity contribution in [2.45, 2.75) is 35.6 Å². The summed E-state index contributed by atoms with van der Waals surface area (Å²) in [4.78, 5) is 17.7. The normalized spacial score (nSPS) is 21.4. The Morgan fingerprint density at radius 2 is 1.74 bits per heavy atom. The first-order valence-electron chi connectivity index (χ1n) is 13.3. The Hall–Kier alpha value is -3.12. The van der Waals surface area contributed by atoms with E-state index in [1.165, 1.54) is 6.07 Å². The summed E-state index contributed by atoms with van der Waals surface area (Å²) in [5.41, 5.74) is 2.55. The molecule has 0 bridgehead atoms. The molecule has 1 aromatic heterocycles. The number of rotatable bonds is 4. The van der Waals surface area contributed by atoms with E-state index in [1.54, 1.807) is 15.6 Å². The Balaban J connectivity index is 1.33. The Morgan fingerprint density at radius 3 is 2.49 bits per heavy atom. The molecule has 1 saturated carbocycles. The van der Waals surface area contributed by atoms with E-state index in [1.807, 2.05) is 24.3 Å². The number of benzene rings is 2. The highest BCUT2D eigenvalue weighted by molar-refractivity contribution is 7.91. The van der Waals surface area contributed by atoms with E-state index in [0.29, 0.717) is 36.7 Å². The average molecular weight is 553 g/mol. The number of hydrogen-bond donors (Lipinski definition) is 0. The van der Waals surface area contributed by atoms with Crippen LogP contribution in [-0.4, -0.2) is 85.5 Å². The average Bonchev–Trinajstić information content (AvgIpc) is 3.59. The summed E-state index contributed by atoms with van der Waals surface area (Å²) in [5.74, 6) is -1.58. The molecule has 0 atom stereocenters. The topological polar surface area (TPSA) is 94.0 Å². The molecule has 39 heavy (non-hydrogen) atoms. The highest BCUT2D eigenvalue weighted by Crippen LogP contribution is 2.46. The van der Waals surface area contributed by atoms with Crippen LogP contribution in [0.15, 0.2) is 47.4 Å². The van der Waals surface area contributed by atoms with Crippen LogP contribution >= 0.6 is 0 Å². The first kappa shape index (κ1) is 24.9. The molecule has 0 unspecified atom stereocenters. The largest absolute Gasteiger partial charge is 0.379 e. The number of morpholine rings is 2. The van der Waals surface area contributed by atoms with Gasteiger partial charge in [0.25, 0.3) is 5.91 Å². The minimum absolute atomic E-state index is 0.106. The standard InChI is InChI=1S/C28H29FN4O5S/c29-23-3-1-2-21-25-22(17-39(35,36)26(21)23)24(27(34)32-12-15-38-18-28(32)8-9-28)30-33(25)20-6-4-19(5-7-20)16-31-10-13-37-14-11-31/h1-7H,8-18H2. The van der Waals surface area contributed by atoms with Crippen molar-refractivity contribution >= 4 is 15.7 Å². The molecule has 204 valence electrons. The molecule has 2 saturated heterocycles. The summed E-state index contributed by atoms with van der Waals surface area (Å²) in [5, 5.41) is 4.74. The van der Waals surface area contributed by atoms with Gasteiger partial charge in [0.1, 0.15) is 10.7 Å². The first-order chi connectivity index (χ1) is 18.9. The van der Waals surface area contributed by atoms with Crippen molar-refractivity contribution in [3.05, 3.63) is 65.1 Å². The third kappa shape index (κ3) is 4.19. The number of halogens is 1. The van der Waals surface area contributed by atoms with Gasteiger partial charge in [0, 0.05) is 37.3 Å². The highest BCUT2D eigenvalue weighted by atomic mass is 32.2. The number of carbonyl (C=O) groups is 1. The second-order valence-corrected chi connectivity index (χ2v) is 12.7. The number of hydrogen-bond acceptors (Lipinski definition) is 7. The molecule has 3 fully saturated rings. The maximum atomic E-state index is 14.9. The number of sulfone groups is 1. The summed E-state index contributed by atoms with van der Waals surface area (Å²) >= 11 is 0. The lowest BCUT2D eigenvalue weighted by molar-refractivity contribution is -0.0121.